The van der Waals surface area contributed by atoms with E-state index in [0.29, 0.717) is 6.42 Å². The van der Waals surface area contributed by atoms with Gasteiger partial charge in [-0.25, -0.2) is 0 Å². The molecule has 0 atom stereocenters. The molecule has 0 aliphatic heterocycles. The molecule has 4 nitrogen and oxygen atoms in total. The van der Waals surface area contributed by atoms with Crippen LogP contribution in [0.5, 0.6) is 5.75 Å². The standard InChI is InChI=1S/C13H17NO3/c1-3-5-10(15)11-12(16)8-6-4-7-9(8)14(2)13(11)17/h5,15-16H,3-4,6-7H2,1-2H3/b10-5+. The summed E-state index contributed by atoms with van der Waals surface area (Å²) in [6.07, 6.45) is 4.68. The summed E-state index contributed by atoms with van der Waals surface area (Å²) >= 11 is 0. The van der Waals surface area contributed by atoms with Crippen LogP contribution in [0.3, 0.4) is 0 Å². The van der Waals surface area contributed by atoms with Crippen molar-refractivity contribution >= 4 is 5.76 Å². The Morgan fingerprint density at radius 1 is 1.47 bits per heavy atom. The Labute approximate surface area is 99.8 Å². The molecular weight excluding hydrogens is 218 g/mol. The number of aliphatic hydroxyl groups excluding tert-OH is 1. The Morgan fingerprint density at radius 3 is 2.82 bits per heavy atom. The second-order valence-corrected chi connectivity index (χ2v) is 4.36. The van der Waals surface area contributed by atoms with Crippen LogP contribution in [0.2, 0.25) is 0 Å². The van der Waals surface area contributed by atoms with Gasteiger partial charge in [0, 0.05) is 18.3 Å². The molecule has 0 aromatic carbocycles. The number of hydrogen-bond donors (Lipinski definition) is 2. The summed E-state index contributed by atoms with van der Waals surface area (Å²) in [6.45, 7) is 1.87. The van der Waals surface area contributed by atoms with E-state index in [9.17, 15) is 15.0 Å². The molecule has 0 spiro atoms. The molecule has 0 bridgehead atoms. The molecule has 0 amide bonds. The molecule has 4 heteroatoms. The number of rotatable bonds is 2. The van der Waals surface area contributed by atoms with E-state index in [0.717, 1.165) is 30.5 Å². The first-order chi connectivity index (χ1) is 8.07. The molecule has 0 radical (unpaired) electrons. The Bertz CT molecular complexity index is 541. The third kappa shape index (κ3) is 1.73. The van der Waals surface area contributed by atoms with Gasteiger partial charge in [0.15, 0.2) is 0 Å². The molecule has 1 aromatic rings. The first-order valence-electron chi connectivity index (χ1n) is 5.91. The normalized spacial score (nSPS) is 15.1. The van der Waals surface area contributed by atoms with Crippen molar-refractivity contribution in [2.24, 2.45) is 7.05 Å². The number of allylic oxidation sites excluding steroid dienone is 1. The second kappa shape index (κ2) is 4.28. The van der Waals surface area contributed by atoms with Crippen molar-refractivity contribution in [1.29, 1.82) is 0 Å². The minimum Gasteiger partial charge on any atom is -0.507 e. The first-order valence-corrected chi connectivity index (χ1v) is 5.91. The van der Waals surface area contributed by atoms with Crippen LogP contribution in [-0.2, 0) is 19.9 Å². The predicted octanol–water partition coefficient (Wildman–Crippen LogP) is 1.89. The van der Waals surface area contributed by atoms with Gasteiger partial charge in [0.1, 0.15) is 17.1 Å². The quantitative estimate of drug-likeness (QED) is 0.769. The Morgan fingerprint density at radius 2 is 2.18 bits per heavy atom. The Kier molecular flexibility index (Phi) is 2.96. The lowest BCUT2D eigenvalue weighted by atomic mass is 10.1. The maximum absolute atomic E-state index is 12.1. The van der Waals surface area contributed by atoms with Crippen molar-refractivity contribution < 1.29 is 10.2 Å². The molecule has 0 fully saturated rings. The summed E-state index contributed by atoms with van der Waals surface area (Å²) in [7, 11) is 1.69. The van der Waals surface area contributed by atoms with Gasteiger partial charge in [-0.3, -0.25) is 4.79 Å². The van der Waals surface area contributed by atoms with E-state index in [2.05, 4.69) is 0 Å². The van der Waals surface area contributed by atoms with Crippen molar-refractivity contribution in [2.45, 2.75) is 32.6 Å². The van der Waals surface area contributed by atoms with E-state index in [-0.39, 0.29) is 22.6 Å². The smallest absolute Gasteiger partial charge is 0.265 e. The first kappa shape index (κ1) is 11.8. The summed E-state index contributed by atoms with van der Waals surface area (Å²) in [5, 5.41) is 19.9. The lowest BCUT2D eigenvalue weighted by Crippen LogP contribution is -2.24. The van der Waals surface area contributed by atoms with Gasteiger partial charge in [0.25, 0.3) is 5.56 Å². The number of aromatic hydroxyl groups is 1. The van der Waals surface area contributed by atoms with Gasteiger partial charge in [-0.05, 0) is 31.8 Å². The minimum absolute atomic E-state index is 0.0370. The Hall–Kier alpha value is -1.71. The average molecular weight is 235 g/mol. The van der Waals surface area contributed by atoms with Gasteiger partial charge >= 0.3 is 0 Å². The van der Waals surface area contributed by atoms with E-state index in [1.165, 1.54) is 10.6 Å². The molecule has 1 aromatic heterocycles. The van der Waals surface area contributed by atoms with Crippen LogP contribution in [0, 0.1) is 0 Å². The van der Waals surface area contributed by atoms with Gasteiger partial charge in [-0.1, -0.05) is 6.92 Å². The van der Waals surface area contributed by atoms with Crippen molar-refractivity contribution in [3.63, 3.8) is 0 Å². The highest BCUT2D eigenvalue weighted by atomic mass is 16.3. The van der Waals surface area contributed by atoms with Crippen molar-refractivity contribution in [1.82, 2.24) is 4.57 Å². The molecule has 0 saturated heterocycles. The van der Waals surface area contributed by atoms with Gasteiger partial charge in [-0.15, -0.1) is 0 Å². The predicted molar refractivity (Wildman–Crippen MR) is 66.3 cm³/mol. The van der Waals surface area contributed by atoms with Crippen LogP contribution in [0.4, 0.5) is 0 Å². The summed E-state index contributed by atoms with van der Waals surface area (Å²) < 4.78 is 1.54. The highest BCUT2D eigenvalue weighted by Crippen LogP contribution is 2.32. The van der Waals surface area contributed by atoms with Crippen LogP contribution in [0.25, 0.3) is 5.76 Å². The third-order valence-corrected chi connectivity index (χ3v) is 3.29. The van der Waals surface area contributed by atoms with Gasteiger partial charge in [0.2, 0.25) is 0 Å². The zero-order chi connectivity index (χ0) is 12.6. The number of nitrogens with zero attached hydrogens (tertiary/aromatic N) is 1. The molecular formula is C13H17NO3. The number of pyridine rings is 1. The summed E-state index contributed by atoms with van der Waals surface area (Å²) in [5.74, 6) is -0.164. The number of hydrogen-bond acceptors (Lipinski definition) is 3. The van der Waals surface area contributed by atoms with E-state index in [1.807, 2.05) is 6.92 Å². The summed E-state index contributed by atoms with van der Waals surface area (Å²) in [6, 6.07) is 0. The van der Waals surface area contributed by atoms with Crippen molar-refractivity contribution in [3.8, 4) is 5.75 Å². The lowest BCUT2D eigenvalue weighted by Gasteiger charge is -2.12. The van der Waals surface area contributed by atoms with Crippen LogP contribution >= 0.6 is 0 Å². The molecule has 2 rings (SSSR count). The average Bonchev–Trinajstić information content (AvgIpc) is 2.76. The molecule has 2 N–H and O–H groups in total. The van der Waals surface area contributed by atoms with E-state index in [4.69, 9.17) is 0 Å². The minimum atomic E-state index is -0.328. The largest absolute Gasteiger partial charge is 0.507 e. The number of aliphatic hydroxyl groups is 1. The highest BCUT2D eigenvalue weighted by Gasteiger charge is 2.24. The van der Waals surface area contributed by atoms with Gasteiger partial charge in [-0.2, -0.15) is 0 Å². The summed E-state index contributed by atoms with van der Waals surface area (Å²) in [4.78, 5) is 12.1. The molecule has 1 aliphatic rings. The molecule has 17 heavy (non-hydrogen) atoms. The zero-order valence-corrected chi connectivity index (χ0v) is 10.2. The van der Waals surface area contributed by atoms with E-state index in [1.54, 1.807) is 7.05 Å². The SMILES string of the molecule is CC/C=C(/O)c1c(O)c2c(n(C)c1=O)CCC2. The van der Waals surface area contributed by atoms with Gasteiger partial charge < -0.3 is 14.8 Å². The topological polar surface area (TPSA) is 62.5 Å². The fourth-order valence-corrected chi connectivity index (χ4v) is 2.42. The van der Waals surface area contributed by atoms with Gasteiger partial charge in [0.05, 0.1) is 0 Å². The zero-order valence-electron chi connectivity index (χ0n) is 10.2. The number of fused-ring (bicyclic) bond motifs is 1. The monoisotopic (exact) mass is 235 g/mol. The van der Waals surface area contributed by atoms with Crippen LogP contribution in [0.1, 0.15) is 36.6 Å². The Balaban J connectivity index is 2.74. The molecule has 1 heterocycles. The van der Waals surface area contributed by atoms with Crippen LogP contribution in [0.15, 0.2) is 10.9 Å². The lowest BCUT2D eigenvalue weighted by molar-refractivity contribution is 0.449. The maximum Gasteiger partial charge on any atom is 0.265 e. The van der Waals surface area contributed by atoms with Crippen molar-refractivity contribution in [3.05, 3.63) is 33.3 Å². The molecule has 1 aliphatic carbocycles. The van der Waals surface area contributed by atoms with Crippen LogP contribution < -0.4 is 5.56 Å². The molecule has 92 valence electrons. The number of aromatic nitrogens is 1. The van der Waals surface area contributed by atoms with Crippen LogP contribution in [-0.4, -0.2) is 14.8 Å². The van der Waals surface area contributed by atoms with E-state index >= 15 is 0 Å². The second-order valence-electron chi connectivity index (χ2n) is 4.36. The third-order valence-electron chi connectivity index (χ3n) is 3.29. The molecule has 0 saturated carbocycles. The van der Waals surface area contributed by atoms with E-state index < -0.39 is 0 Å². The van der Waals surface area contributed by atoms with Crippen molar-refractivity contribution in [2.75, 3.05) is 0 Å². The highest BCUT2D eigenvalue weighted by molar-refractivity contribution is 5.66. The summed E-state index contributed by atoms with van der Waals surface area (Å²) in [5.41, 5.74) is 1.40. The fraction of sp³-hybridized carbons (Fsp3) is 0.462. The maximum atomic E-state index is 12.1. The fourth-order valence-electron chi connectivity index (χ4n) is 2.42. The molecule has 0 unspecified atom stereocenters.